The Kier molecular flexibility index (Phi) is 6.35. The van der Waals surface area contributed by atoms with Gasteiger partial charge in [-0.05, 0) is 62.4 Å². The Morgan fingerprint density at radius 2 is 1.18 bits per heavy atom. The summed E-state index contributed by atoms with van der Waals surface area (Å²) < 4.78 is 11.1. The van der Waals surface area contributed by atoms with Gasteiger partial charge in [-0.1, -0.05) is 58.0 Å². The second kappa shape index (κ2) is 9.65. The Hall–Kier alpha value is -4.68. The highest BCUT2D eigenvalue weighted by molar-refractivity contribution is 6.37. The average Bonchev–Trinajstić information content (AvgIpc) is 2.92. The van der Waals surface area contributed by atoms with Gasteiger partial charge in [0, 0.05) is 10.8 Å². The third kappa shape index (κ3) is 3.96. The molecule has 0 N–H and O–H groups in total. The van der Waals surface area contributed by atoms with Crippen molar-refractivity contribution in [2.24, 2.45) is 11.8 Å². The van der Waals surface area contributed by atoms with E-state index in [0.29, 0.717) is 33.2 Å². The first-order chi connectivity index (χ1) is 18.3. The van der Waals surface area contributed by atoms with Gasteiger partial charge in [0.25, 0.3) is 0 Å². The minimum absolute atomic E-state index is 0.178. The molecule has 6 nitrogen and oxygen atoms in total. The van der Waals surface area contributed by atoms with E-state index in [9.17, 15) is 14.9 Å². The van der Waals surface area contributed by atoms with Gasteiger partial charge in [-0.3, -0.25) is 0 Å². The van der Waals surface area contributed by atoms with Crippen LogP contribution in [-0.4, -0.2) is 25.2 Å². The topological polar surface area (TPSA) is 80.8 Å². The van der Waals surface area contributed by atoms with Crippen LogP contribution in [0.1, 0.15) is 54.0 Å². The van der Waals surface area contributed by atoms with E-state index >= 15 is 0 Å². The Morgan fingerprint density at radius 1 is 0.737 bits per heavy atom. The molecule has 0 fully saturated rings. The van der Waals surface area contributed by atoms with Crippen LogP contribution in [0.2, 0.25) is 0 Å². The summed E-state index contributed by atoms with van der Waals surface area (Å²) in [5.41, 5.74) is 1.44. The molecule has 0 bridgehead atoms. The van der Waals surface area contributed by atoms with Gasteiger partial charge in [-0.15, -0.1) is 0 Å². The summed E-state index contributed by atoms with van der Waals surface area (Å²) in [7, 11) is 0. The van der Waals surface area contributed by atoms with Crippen LogP contribution in [-0.2, 0) is 9.47 Å². The maximum absolute atomic E-state index is 13.1. The molecule has 0 amide bonds. The largest absolute Gasteiger partial charge is 0.462 e. The molecule has 6 heteroatoms. The molecule has 0 aliphatic carbocycles. The number of carbonyl (C=O) groups is 2. The highest BCUT2D eigenvalue weighted by Crippen LogP contribution is 2.45. The van der Waals surface area contributed by atoms with Crippen LogP contribution in [0.25, 0.3) is 47.9 Å². The van der Waals surface area contributed by atoms with E-state index in [0.717, 1.165) is 32.3 Å². The Bertz CT molecular complexity index is 1680. The van der Waals surface area contributed by atoms with Gasteiger partial charge in [0.2, 0.25) is 0 Å². The zero-order valence-corrected chi connectivity index (χ0v) is 21.7. The van der Waals surface area contributed by atoms with Crippen molar-refractivity contribution in [2.45, 2.75) is 27.7 Å². The first kappa shape index (κ1) is 25.0. The van der Waals surface area contributed by atoms with Crippen molar-refractivity contribution in [3.8, 4) is 6.07 Å². The maximum Gasteiger partial charge on any atom is 0.338 e. The van der Waals surface area contributed by atoms with Crippen molar-refractivity contribution in [1.29, 1.82) is 5.26 Å². The lowest BCUT2D eigenvalue weighted by atomic mass is 9.85. The molecule has 5 aromatic carbocycles. The van der Waals surface area contributed by atoms with Gasteiger partial charge in [-0.25, -0.2) is 14.4 Å². The third-order valence-corrected chi connectivity index (χ3v) is 6.66. The van der Waals surface area contributed by atoms with E-state index < -0.39 is 11.9 Å². The quantitative estimate of drug-likeness (QED) is 0.102. The Labute approximate surface area is 220 Å². The summed E-state index contributed by atoms with van der Waals surface area (Å²) in [6.07, 6.45) is 0. The SMILES string of the molecule is [C-]#[N+]c1ccc2c3ccc(C(=O)OCC(C)C)c4c(C#N)ccc(c5ccc(C(=O)OCC(C)C)c1c25)c43. The number of nitrogens with zero attached hydrogens (tertiary/aromatic N) is 2. The van der Waals surface area contributed by atoms with Gasteiger partial charge in [0.05, 0.1) is 42.5 Å². The van der Waals surface area contributed by atoms with Gasteiger partial charge < -0.3 is 9.47 Å². The fraction of sp³-hybridized carbons (Fsp3) is 0.250. The molecule has 0 heterocycles. The summed E-state index contributed by atoms with van der Waals surface area (Å²) in [4.78, 5) is 29.9. The van der Waals surface area contributed by atoms with E-state index in [-0.39, 0.29) is 25.0 Å². The lowest BCUT2D eigenvalue weighted by Crippen LogP contribution is -2.11. The standard InChI is InChI=1S/C32H26N2O4/c1-17(2)15-37-31(35)24-10-8-21-23-12-13-26(34-5)30-25(32(36)38-16-18(3)4)11-9-22(29(23)30)20-7-6-19(14-33)27(24)28(20)21/h6-13,17-18H,15-16H2,1-4H3. The molecular formula is C32H26N2O4. The molecule has 38 heavy (non-hydrogen) atoms. The summed E-state index contributed by atoms with van der Waals surface area (Å²) in [6, 6.07) is 16.5. The Morgan fingerprint density at radius 3 is 1.66 bits per heavy atom. The second-order valence-electron chi connectivity index (χ2n) is 10.3. The number of fused-ring (bicyclic) bond motifs is 2. The van der Waals surface area contributed by atoms with E-state index in [4.69, 9.17) is 16.0 Å². The van der Waals surface area contributed by atoms with Crippen molar-refractivity contribution in [3.63, 3.8) is 0 Å². The number of carbonyl (C=O) groups excluding carboxylic acids is 2. The van der Waals surface area contributed by atoms with Crippen LogP contribution >= 0.6 is 0 Å². The molecule has 0 saturated heterocycles. The number of hydrogen-bond acceptors (Lipinski definition) is 5. The smallest absolute Gasteiger partial charge is 0.338 e. The van der Waals surface area contributed by atoms with E-state index in [1.807, 2.05) is 52.0 Å². The second-order valence-corrected chi connectivity index (χ2v) is 10.3. The summed E-state index contributed by atoms with van der Waals surface area (Å²) in [5, 5.41) is 15.9. The highest BCUT2D eigenvalue weighted by atomic mass is 16.5. The molecule has 5 aromatic rings. The molecule has 5 rings (SSSR count). The van der Waals surface area contributed by atoms with Crippen LogP contribution in [0.15, 0.2) is 48.5 Å². The number of hydrogen-bond donors (Lipinski definition) is 0. The van der Waals surface area contributed by atoms with Crippen molar-refractivity contribution in [2.75, 3.05) is 13.2 Å². The van der Waals surface area contributed by atoms with Crippen molar-refractivity contribution < 1.29 is 19.1 Å². The van der Waals surface area contributed by atoms with Gasteiger partial charge in [-0.2, -0.15) is 5.26 Å². The van der Waals surface area contributed by atoms with Crippen molar-refractivity contribution >= 4 is 60.7 Å². The average molecular weight is 503 g/mol. The van der Waals surface area contributed by atoms with Crippen molar-refractivity contribution in [3.05, 3.63) is 76.6 Å². The molecule has 0 atom stereocenters. The van der Waals surface area contributed by atoms with Crippen LogP contribution < -0.4 is 0 Å². The summed E-state index contributed by atoms with van der Waals surface area (Å²) in [5.74, 6) is -0.579. The zero-order chi connectivity index (χ0) is 27.1. The molecule has 0 spiro atoms. The van der Waals surface area contributed by atoms with Crippen LogP contribution in [0.3, 0.4) is 0 Å². The predicted octanol–water partition coefficient (Wildman–Crippen LogP) is 7.79. The summed E-state index contributed by atoms with van der Waals surface area (Å²) >= 11 is 0. The zero-order valence-electron chi connectivity index (χ0n) is 21.7. The van der Waals surface area contributed by atoms with E-state index in [2.05, 4.69) is 10.9 Å². The third-order valence-electron chi connectivity index (χ3n) is 6.66. The molecule has 0 radical (unpaired) electrons. The predicted molar refractivity (Wildman–Crippen MR) is 149 cm³/mol. The van der Waals surface area contributed by atoms with Gasteiger partial charge >= 0.3 is 11.9 Å². The lowest BCUT2D eigenvalue weighted by Gasteiger charge is -2.19. The normalized spacial score (nSPS) is 11.5. The molecular weight excluding hydrogens is 476 g/mol. The van der Waals surface area contributed by atoms with Gasteiger partial charge in [0.1, 0.15) is 0 Å². The number of nitriles is 1. The van der Waals surface area contributed by atoms with Crippen molar-refractivity contribution in [1.82, 2.24) is 0 Å². The molecule has 0 aliphatic rings. The number of rotatable bonds is 6. The fourth-order valence-electron chi connectivity index (χ4n) is 5.04. The van der Waals surface area contributed by atoms with Gasteiger partial charge in [0.15, 0.2) is 5.69 Å². The van der Waals surface area contributed by atoms with E-state index in [1.165, 1.54) is 0 Å². The molecule has 0 unspecified atom stereocenters. The number of esters is 2. The minimum atomic E-state index is -0.471. The van der Waals surface area contributed by atoms with Crippen LogP contribution in [0.5, 0.6) is 0 Å². The van der Waals surface area contributed by atoms with Crippen LogP contribution in [0.4, 0.5) is 5.69 Å². The monoisotopic (exact) mass is 502 g/mol. The van der Waals surface area contributed by atoms with Crippen LogP contribution in [0, 0.1) is 29.7 Å². The number of benzene rings is 5. The lowest BCUT2D eigenvalue weighted by molar-refractivity contribution is 0.0453. The Balaban J connectivity index is 1.88. The van der Waals surface area contributed by atoms with E-state index in [1.54, 1.807) is 24.3 Å². The molecule has 0 aromatic heterocycles. The first-order valence-corrected chi connectivity index (χ1v) is 12.6. The minimum Gasteiger partial charge on any atom is -0.462 e. The molecule has 188 valence electrons. The summed E-state index contributed by atoms with van der Waals surface area (Å²) in [6.45, 7) is 16.2. The molecule has 0 saturated carbocycles. The highest BCUT2D eigenvalue weighted by Gasteiger charge is 2.24. The molecule has 0 aliphatic heterocycles. The fourth-order valence-corrected chi connectivity index (χ4v) is 5.04. The number of ether oxygens (including phenoxy) is 2. The maximum atomic E-state index is 13.1. The first-order valence-electron chi connectivity index (χ1n) is 12.6.